The molecule has 0 bridgehead atoms. The Morgan fingerprint density at radius 3 is 2.68 bits per heavy atom. The van der Waals surface area contributed by atoms with E-state index in [-0.39, 0.29) is 5.11 Å². The summed E-state index contributed by atoms with van der Waals surface area (Å²) in [7, 11) is 0. The summed E-state index contributed by atoms with van der Waals surface area (Å²) < 4.78 is 0.969. The van der Waals surface area contributed by atoms with E-state index in [1.807, 2.05) is 36.4 Å². The molecular formula is C13H11BrN4S. The predicted molar refractivity (Wildman–Crippen MR) is 83.9 cm³/mol. The second-order valence-corrected chi connectivity index (χ2v) is 5.04. The molecule has 96 valence electrons. The van der Waals surface area contributed by atoms with E-state index in [2.05, 4.69) is 31.4 Å². The van der Waals surface area contributed by atoms with E-state index in [1.165, 1.54) is 0 Å². The lowest BCUT2D eigenvalue weighted by Crippen LogP contribution is -2.26. The van der Waals surface area contributed by atoms with Gasteiger partial charge in [0.25, 0.3) is 0 Å². The smallest absolute Gasteiger partial charge is 0.184 e. The summed E-state index contributed by atoms with van der Waals surface area (Å²) in [5, 5.41) is 4.37. The number of benzene rings is 1. The van der Waals surface area contributed by atoms with E-state index in [0.29, 0.717) is 0 Å². The monoisotopic (exact) mass is 334 g/mol. The first kappa shape index (κ1) is 13.6. The maximum atomic E-state index is 5.42. The predicted octanol–water partition coefficient (Wildman–Crippen LogP) is 2.43. The minimum absolute atomic E-state index is 0.122. The van der Waals surface area contributed by atoms with Gasteiger partial charge in [-0.05, 0) is 36.5 Å². The van der Waals surface area contributed by atoms with Crippen molar-refractivity contribution in [2.75, 3.05) is 0 Å². The summed E-state index contributed by atoms with van der Waals surface area (Å²) in [6.07, 6.45) is 3.45. The van der Waals surface area contributed by atoms with Crippen LogP contribution in [0, 0.1) is 0 Å². The minimum atomic E-state index is 0.122. The maximum absolute atomic E-state index is 5.42. The highest BCUT2D eigenvalue weighted by Gasteiger charge is 2.07. The molecule has 1 heterocycles. The van der Waals surface area contributed by atoms with Gasteiger partial charge in [0.2, 0.25) is 0 Å². The number of aromatic nitrogens is 1. The van der Waals surface area contributed by atoms with Gasteiger partial charge in [-0.1, -0.05) is 28.1 Å². The first-order chi connectivity index (χ1) is 9.16. The van der Waals surface area contributed by atoms with E-state index < -0.39 is 0 Å². The van der Waals surface area contributed by atoms with E-state index >= 15 is 0 Å². The van der Waals surface area contributed by atoms with Crippen molar-refractivity contribution in [3.05, 3.63) is 64.4 Å². The van der Waals surface area contributed by atoms with Crippen LogP contribution in [0.3, 0.4) is 0 Å². The van der Waals surface area contributed by atoms with Crippen molar-refractivity contribution in [1.29, 1.82) is 0 Å². The molecule has 19 heavy (non-hydrogen) atoms. The summed E-state index contributed by atoms with van der Waals surface area (Å²) >= 11 is 8.22. The summed E-state index contributed by atoms with van der Waals surface area (Å²) in [6, 6.07) is 11.6. The highest BCUT2D eigenvalue weighted by molar-refractivity contribution is 9.10. The van der Waals surface area contributed by atoms with Gasteiger partial charge in [0.05, 0.1) is 5.71 Å². The second kappa shape index (κ2) is 6.40. The second-order valence-electron chi connectivity index (χ2n) is 3.69. The van der Waals surface area contributed by atoms with Gasteiger partial charge >= 0.3 is 0 Å². The molecule has 0 saturated heterocycles. The van der Waals surface area contributed by atoms with Crippen molar-refractivity contribution in [1.82, 2.24) is 10.4 Å². The molecule has 0 fully saturated rings. The molecule has 0 amide bonds. The Labute approximate surface area is 124 Å². The lowest BCUT2D eigenvalue weighted by Gasteiger charge is -2.07. The Morgan fingerprint density at radius 1 is 1.26 bits per heavy atom. The third-order valence-corrected chi connectivity index (χ3v) is 2.90. The number of hydrogen-bond donors (Lipinski definition) is 2. The van der Waals surface area contributed by atoms with Gasteiger partial charge in [0, 0.05) is 28.0 Å². The van der Waals surface area contributed by atoms with E-state index in [9.17, 15) is 0 Å². The van der Waals surface area contributed by atoms with Crippen molar-refractivity contribution >= 4 is 39.0 Å². The third-order valence-electron chi connectivity index (χ3n) is 2.31. The zero-order valence-electron chi connectivity index (χ0n) is 9.88. The zero-order chi connectivity index (χ0) is 13.7. The number of nitrogens with two attached hydrogens (primary N) is 1. The van der Waals surface area contributed by atoms with E-state index in [1.54, 1.807) is 12.4 Å². The average molecular weight is 335 g/mol. The van der Waals surface area contributed by atoms with Crippen molar-refractivity contribution < 1.29 is 0 Å². The molecule has 6 heteroatoms. The van der Waals surface area contributed by atoms with Crippen LogP contribution in [-0.2, 0) is 0 Å². The van der Waals surface area contributed by atoms with E-state index in [4.69, 9.17) is 18.0 Å². The zero-order valence-corrected chi connectivity index (χ0v) is 12.3. The molecular weight excluding hydrogens is 324 g/mol. The molecule has 2 aromatic rings. The van der Waals surface area contributed by atoms with E-state index in [0.717, 1.165) is 21.3 Å². The largest absolute Gasteiger partial charge is 0.375 e. The molecule has 0 aliphatic rings. The van der Waals surface area contributed by atoms with Crippen LogP contribution in [-0.4, -0.2) is 15.8 Å². The molecule has 0 saturated carbocycles. The fourth-order valence-corrected chi connectivity index (χ4v) is 1.99. The number of nitrogens with one attached hydrogen (secondary N) is 1. The molecule has 4 nitrogen and oxygen atoms in total. The van der Waals surface area contributed by atoms with Crippen LogP contribution in [0.1, 0.15) is 11.1 Å². The first-order valence-corrected chi connectivity index (χ1v) is 6.66. The highest BCUT2D eigenvalue weighted by atomic mass is 79.9. The van der Waals surface area contributed by atoms with Gasteiger partial charge in [-0.25, -0.2) is 0 Å². The molecule has 1 aromatic carbocycles. The lowest BCUT2D eigenvalue weighted by atomic mass is 10.0. The number of nitrogens with zero attached hydrogens (tertiary/aromatic N) is 2. The number of rotatable bonds is 3. The van der Waals surface area contributed by atoms with Gasteiger partial charge in [0.15, 0.2) is 5.11 Å². The first-order valence-electron chi connectivity index (χ1n) is 5.46. The molecule has 0 spiro atoms. The quantitative estimate of drug-likeness (QED) is 0.514. The summed E-state index contributed by atoms with van der Waals surface area (Å²) in [6.45, 7) is 0. The number of thiocarbonyl (C=S) groups is 1. The van der Waals surface area contributed by atoms with Gasteiger partial charge < -0.3 is 5.73 Å². The van der Waals surface area contributed by atoms with Crippen LogP contribution in [0.5, 0.6) is 0 Å². The van der Waals surface area contributed by atoms with Crippen LogP contribution in [0.15, 0.2) is 58.4 Å². The fraction of sp³-hybridized carbons (Fsp3) is 0. The summed E-state index contributed by atoms with van der Waals surface area (Å²) in [5.41, 5.74) is 10.6. The molecule has 0 unspecified atom stereocenters. The molecule has 0 atom stereocenters. The minimum Gasteiger partial charge on any atom is -0.375 e. The number of halogens is 1. The average Bonchev–Trinajstić information content (AvgIpc) is 2.40. The molecule has 0 radical (unpaired) electrons. The summed E-state index contributed by atoms with van der Waals surface area (Å²) in [4.78, 5) is 4.10. The van der Waals surface area contributed by atoms with Crippen molar-refractivity contribution in [2.24, 2.45) is 10.8 Å². The molecule has 2 rings (SSSR count). The maximum Gasteiger partial charge on any atom is 0.184 e. The molecule has 1 aromatic heterocycles. The molecule has 0 aliphatic carbocycles. The topological polar surface area (TPSA) is 63.3 Å². The van der Waals surface area contributed by atoms with Crippen LogP contribution < -0.4 is 11.2 Å². The Morgan fingerprint density at radius 2 is 2.05 bits per heavy atom. The van der Waals surface area contributed by atoms with Crippen LogP contribution in [0.4, 0.5) is 0 Å². The number of pyridine rings is 1. The van der Waals surface area contributed by atoms with Crippen molar-refractivity contribution in [3.63, 3.8) is 0 Å². The SMILES string of the molecule is NC(=S)N/N=C(\c1cccnc1)c1cccc(Br)c1. The highest BCUT2D eigenvalue weighted by Crippen LogP contribution is 2.15. The Kier molecular flexibility index (Phi) is 4.59. The van der Waals surface area contributed by atoms with Crippen LogP contribution in [0.25, 0.3) is 0 Å². The van der Waals surface area contributed by atoms with Gasteiger partial charge in [0.1, 0.15) is 0 Å². The van der Waals surface area contributed by atoms with Gasteiger partial charge in [-0.2, -0.15) is 5.10 Å². The fourth-order valence-electron chi connectivity index (χ4n) is 1.55. The normalized spacial score (nSPS) is 11.1. The standard InChI is InChI=1S/C13H11BrN4S/c14-11-5-1-3-9(7-11)12(17-18-13(15)19)10-4-2-6-16-8-10/h1-8H,(H3,15,18,19)/b17-12-. The van der Waals surface area contributed by atoms with Gasteiger partial charge in [-0.15, -0.1) is 0 Å². The Balaban J connectivity index is 2.46. The third kappa shape index (κ3) is 3.84. The molecule has 3 N–H and O–H groups in total. The van der Waals surface area contributed by atoms with Gasteiger partial charge in [-0.3, -0.25) is 10.4 Å². The van der Waals surface area contributed by atoms with Crippen LogP contribution in [0.2, 0.25) is 0 Å². The summed E-state index contributed by atoms with van der Waals surface area (Å²) in [5.74, 6) is 0. The Bertz CT molecular complexity index is 613. The number of hydrazone groups is 1. The Hall–Kier alpha value is -1.79. The van der Waals surface area contributed by atoms with Crippen molar-refractivity contribution in [3.8, 4) is 0 Å². The number of hydrogen-bond acceptors (Lipinski definition) is 3. The van der Waals surface area contributed by atoms with Crippen molar-refractivity contribution in [2.45, 2.75) is 0 Å². The van der Waals surface area contributed by atoms with Crippen LogP contribution >= 0.6 is 28.1 Å². The molecule has 0 aliphatic heterocycles. The lowest BCUT2D eigenvalue weighted by molar-refractivity contribution is 1.03.